The molecule has 0 saturated heterocycles. The van der Waals surface area contributed by atoms with Crippen molar-refractivity contribution in [2.75, 3.05) is 20.3 Å². The molecule has 1 aromatic rings. The first kappa shape index (κ1) is 15.5. The summed E-state index contributed by atoms with van der Waals surface area (Å²) in [6.45, 7) is 4.77. The van der Waals surface area contributed by atoms with Gasteiger partial charge < -0.3 is 14.8 Å². The van der Waals surface area contributed by atoms with Crippen molar-refractivity contribution < 1.29 is 14.3 Å². The number of ether oxygens (including phenoxy) is 2. The van der Waals surface area contributed by atoms with Crippen LogP contribution in [0.3, 0.4) is 0 Å². The molecule has 0 bridgehead atoms. The number of rotatable bonds is 8. The third kappa shape index (κ3) is 5.30. The smallest absolute Gasteiger partial charge is 0.319 e. The Hall–Kier alpha value is -1.55. The fraction of sp³-hybridized carbons (Fsp3) is 0.533. The third-order valence-corrected chi connectivity index (χ3v) is 2.92. The predicted molar refractivity (Wildman–Crippen MR) is 75.3 cm³/mol. The van der Waals surface area contributed by atoms with Gasteiger partial charge in [-0.15, -0.1) is 0 Å². The maximum absolute atomic E-state index is 11.5. The van der Waals surface area contributed by atoms with Crippen LogP contribution in [0.4, 0.5) is 0 Å². The Labute approximate surface area is 115 Å². The summed E-state index contributed by atoms with van der Waals surface area (Å²) in [5.41, 5.74) is 1.03. The lowest BCUT2D eigenvalue weighted by Crippen LogP contribution is -2.27. The zero-order chi connectivity index (χ0) is 14.1. The van der Waals surface area contributed by atoms with Crippen molar-refractivity contribution >= 4 is 5.97 Å². The van der Waals surface area contributed by atoms with Crippen LogP contribution in [0.15, 0.2) is 24.3 Å². The third-order valence-electron chi connectivity index (χ3n) is 2.92. The number of hydrogen-bond acceptors (Lipinski definition) is 4. The lowest BCUT2D eigenvalue weighted by Gasteiger charge is -2.16. The number of carbonyl (C=O) groups excluding carboxylic acids is 1. The van der Waals surface area contributed by atoms with Gasteiger partial charge in [0.2, 0.25) is 0 Å². The molecule has 0 saturated carbocycles. The fourth-order valence-electron chi connectivity index (χ4n) is 1.75. The van der Waals surface area contributed by atoms with Crippen LogP contribution in [-0.4, -0.2) is 26.2 Å². The van der Waals surface area contributed by atoms with Crippen molar-refractivity contribution in [1.82, 2.24) is 5.32 Å². The Kier molecular flexibility index (Phi) is 6.97. The predicted octanol–water partition coefficient (Wildman–Crippen LogP) is 2.69. The van der Waals surface area contributed by atoms with Gasteiger partial charge in [0.05, 0.1) is 20.3 Å². The van der Waals surface area contributed by atoms with Crippen molar-refractivity contribution in [3.8, 4) is 5.75 Å². The van der Waals surface area contributed by atoms with Gasteiger partial charge in [-0.05, 0) is 19.4 Å². The Balaban J connectivity index is 2.42. The van der Waals surface area contributed by atoms with Gasteiger partial charge in [0.1, 0.15) is 5.75 Å². The molecule has 0 spiro atoms. The lowest BCUT2D eigenvalue weighted by molar-refractivity contribution is -0.142. The van der Waals surface area contributed by atoms with Gasteiger partial charge in [0.15, 0.2) is 0 Å². The lowest BCUT2D eigenvalue weighted by atomic mass is 10.1. The summed E-state index contributed by atoms with van der Waals surface area (Å²) in [4.78, 5) is 11.5. The largest absolute Gasteiger partial charge is 0.496 e. The zero-order valence-corrected chi connectivity index (χ0v) is 11.9. The molecule has 0 aliphatic rings. The van der Waals surface area contributed by atoms with E-state index in [0.717, 1.165) is 24.2 Å². The molecule has 106 valence electrons. The highest BCUT2D eigenvalue weighted by Gasteiger charge is 2.12. The summed E-state index contributed by atoms with van der Waals surface area (Å²) in [6.07, 6.45) is 1.94. The number of hydrogen-bond donors (Lipinski definition) is 1. The van der Waals surface area contributed by atoms with Crippen molar-refractivity contribution in [3.63, 3.8) is 0 Å². The maximum atomic E-state index is 11.5. The molecule has 4 heteroatoms. The van der Waals surface area contributed by atoms with E-state index in [1.165, 1.54) is 0 Å². The van der Waals surface area contributed by atoms with Gasteiger partial charge in [-0.25, -0.2) is 0 Å². The van der Waals surface area contributed by atoms with E-state index >= 15 is 0 Å². The fourth-order valence-corrected chi connectivity index (χ4v) is 1.75. The molecular weight excluding hydrogens is 242 g/mol. The molecule has 0 amide bonds. The van der Waals surface area contributed by atoms with Crippen LogP contribution in [0.5, 0.6) is 5.75 Å². The minimum atomic E-state index is -0.213. The van der Waals surface area contributed by atoms with E-state index in [4.69, 9.17) is 9.47 Å². The van der Waals surface area contributed by atoms with Crippen LogP contribution >= 0.6 is 0 Å². The number of methoxy groups -OCH3 is 1. The molecule has 0 heterocycles. The van der Waals surface area contributed by atoms with Crippen LogP contribution in [0.2, 0.25) is 0 Å². The molecule has 1 aromatic carbocycles. The molecule has 0 radical (unpaired) electrons. The van der Waals surface area contributed by atoms with E-state index in [-0.39, 0.29) is 18.6 Å². The molecule has 0 aliphatic carbocycles. The average Bonchev–Trinajstić information content (AvgIpc) is 2.45. The van der Waals surface area contributed by atoms with Crippen molar-refractivity contribution in [2.45, 2.75) is 32.7 Å². The van der Waals surface area contributed by atoms with E-state index in [9.17, 15) is 4.79 Å². The summed E-state index contributed by atoms with van der Waals surface area (Å²) in [7, 11) is 1.64. The highest BCUT2D eigenvalue weighted by atomic mass is 16.5. The Bertz CT molecular complexity index is 393. The average molecular weight is 265 g/mol. The number of para-hydroxylation sites is 1. The van der Waals surface area contributed by atoms with Crippen LogP contribution in [-0.2, 0) is 9.53 Å². The Morgan fingerprint density at radius 3 is 2.79 bits per heavy atom. The second-order valence-corrected chi connectivity index (χ2v) is 4.42. The van der Waals surface area contributed by atoms with Crippen LogP contribution in [0.25, 0.3) is 0 Å². The topological polar surface area (TPSA) is 47.6 Å². The Morgan fingerprint density at radius 1 is 1.37 bits per heavy atom. The van der Waals surface area contributed by atoms with Gasteiger partial charge in [-0.1, -0.05) is 31.5 Å². The van der Waals surface area contributed by atoms with E-state index < -0.39 is 0 Å². The normalized spacial score (nSPS) is 11.9. The van der Waals surface area contributed by atoms with Crippen molar-refractivity contribution in [3.05, 3.63) is 29.8 Å². The number of nitrogens with one attached hydrogen (secondary N) is 1. The molecule has 19 heavy (non-hydrogen) atoms. The molecule has 1 N–H and O–H groups in total. The van der Waals surface area contributed by atoms with Crippen LogP contribution in [0.1, 0.15) is 38.3 Å². The highest BCUT2D eigenvalue weighted by Crippen LogP contribution is 2.23. The van der Waals surface area contributed by atoms with Gasteiger partial charge >= 0.3 is 5.97 Å². The molecule has 1 atom stereocenters. The molecule has 0 fully saturated rings. The molecule has 4 nitrogen and oxygen atoms in total. The number of carbonyl (C=O) groups is 1. The second kappa shape index (κ2) is 8.53. The van der Waals surface area contributed by atoms with E-state index in [1.54, 1.807) is 7.11 Å². The summed E-state index contributed by atoms with van der Waals surface area (Å²) in [5.74, 6) is 0.608. The SMILES string of the molecule is CCCCOC(=O)CN[C@H](C)c1ccccc1OC. The summed E-state index contributed by atoms with van der Waals surface area (Å²) in [6, 6.07) is 7.81. The minimum Gasteiger partial charge on any atom is -0.496 e. The summed E-state index contributed by atoms with van der Waals surface area (Å²) < 4.78 is 10.4. The second-order valence-electron chi connectivity index (χ2n) is 4.42. The van der Waals surface area contributed by atoms with Gasteiger partial charge in [-0.3, -0.25) is 4.79 Å². The molecule has 0 aromatic heterocycles. The molecular formula is C15H23NO3. The maximum Gasteiger partial charge on any atom is 0.319 e. The van der Waals surface area contributed by atoms with Crippen LogP contribution < -0.4 is 10.1 Å². The van der Waals surface area contributed by atoms with Gasteiger partial charge in [0.25, 0.3) is 0 Å². The Morgan fingerprint density at radius 2 is 2.11 bits per heavy atom. The summed E-state index contributed by atoms with van der Waals surface area (Å²) in [5, 5.41) is 3.15. The number of benzene rings is 1. The minimum absolute atomic E-state index is 0.0369. The quantitative estimate of drug-likeness (QED) is 0.580. The van der Waals surface area contributed by atoms with Gasteiger partial charge in [-0.2, -0.15) is 0 Å². The first-order valence-corrected chi connectivity index (χ1v) is 6.71. The summed E-state index contributed by atoms with van der Waals surface area (Å²) >= 11 is 0. The standard InChI is InChI=1S/C15H23NO3/c1-4-5-10-19-15(17)11-16-12(2)13-8-6-7-9-14(13)18-3/h6-9,12,16H,4-5,10-11H2,1-3H3/t12-/m1/s1. The first-order valence-electron chi connectivity index (χ1n) is 6.71. The van der Waals surface area contributed by atoms with Crippen molar-refractivity contribution in [2.24, 2.45) is 0 Å². The van der Waals surface area contributed by atoms with Crippen LogP contribution in [0, 0.1) is 0 Å². The van der Waals surface area contributed by atoms with Crippen molar-refractivity contribution in [1.29, 1.82) is 0 Å². The number of unbranched alkanes of at least 4 members (excludes halogenated alkanes) is 1. The zero-order valence-electron chi connectivity index (χ0n) is 11.9. The first-order chi connectivity index (χ1) is 9.19. The molecule has 0 unspecified atom stereocenters. The van der Waals surface area contributed by atoms with E-state index in [2.05, 4.69) is 12.2 Å². The van der Waals surface area contributed by atoms with E-state index in [1.807, 2.05) is 31.2 Å². The monoisotopic (exact) mass is 265 g/mol. The molecule has 0 aliphatic heterocycles. The molecule has 1 rings (SSSR count). The van der Waals surface area contributed by atoms with E-state index in [0.29, 0.717) is 6.61 Å². The highest BCUT2D eigenvalue weighted by molar-refractivity contribution is 5.71. The van der Waals surface area contributed by atoms with Gasteiger partial charge in [0, 0.05) is 11.6 Å². The number of esters is 1.